The molecule has 1 aliphatic carbocycles. The van der Waals surface area contributed by atoms with Crippen molar-refractivity contribution in [1.29, 1.82) is 0 Å². The van der Waals surface area contributed by atoms with E-state index >= 15 is 0 Å². The smallest absolute Gasteiger partial charge is 0.161 e. The van der Waals surface area contributed by atoms with E-state index in [9.17, 15) is 0 Å². The Balaban J connectivity index is 1.00. The Bertz CT molecular complexity index is 2660. The van der Waals surface area contributed by atoms with Crippen molar-refractivity contribution < 1.29 is 0 Å². The molecule has 0 fully saturated rings. The molecular weight excluding hydrogens is 679 g/mol. The third-order valence-electron chi connectivity index (χ3n) is 10.5. The van der Waals surface area contributed by atoms with Gasteiger partial charge < -0.3 is 0 Å². The Morgan fingerprint density at radius 2 is 0.857 bits per heavy atom. The van der Waals surface area contributed by atoms with Crippen LogP contribution in [0.15, 0.2) is 215 Å². The maximum absolute atomic E-state index is 5.02. The molecule has 0 spiro atoms. The molecule has 0 aromatic heterocycles. The molecule has 0 atom stereocenters. The van der Waals surface area contributed by atoms with E-state index in [1.165, 1.54) is 66.8 Å². The number of hydrogen-bond acceptors (Lipinski definition) is 1. The highest BCUT2D eigenvalue weighted by atomic mass is 15.0. The SMILES string of the molecule is C=N/C(=N\C(=N/Cc1ccccc1)c1ccc2c(c1)Cc1cc(-c3ccc(-c4cc(-c5ccccc5)cc(-c5ccccc5)c4)cc3)ccc1-2)c1ccccc1. The molecule has 0 saturated carbocycles. The number of nitrogens with zero attached hydrogens (tertiary/aromatic N) is 3. The maximum Gasteiger partial charge on any atom is 0.161 e. The van der Waals surface area contributed by atoms with Gasteiger partial charge >= 0.3 is 0 Å². The number of aliphatic imine (C=N–C) groups is 3. The van der Waals surface area contributed by atoms with Gasteiger partial charge in [0, 0.05) is 11.1 Å². The number of hydrogen-bond donors (Lipinski definition) is 0. The molecule has 0 radical (unpaired) electrons. The van der Waals surface area contributed by atoms with Gasteiger partial charge in [-0.3, -0.25) is 4.99 Å². The first-order valence-corrected chi connectivity index (χ1v) is 19.0. The standard InChI is InChI=1S/C53H39N3/c1-54-52(42-20-12-5-13-21-42)56-53(55-36-37-14-6-2-7-15-37)44-27-29-51-49(31-44)35-48-30-43(26-28-50(48)51)40-22-24-41(25-23-40)47-33-45(38-16-8-3-9-17-38)32-46(34-47)39-18-10-4-11-19-39/h2-34H,1,35-36H2/b55-53-,56-52-. The minimum absolute atomic E-state index is 0.519. The first-order valence-electron chi connectivity index (χ1n) is 19.0. The van der Waals surface area contributed by atoms with Crippen LogP contribution in [-0.2, 0) is 13.0 Å². The second-order valence-electron chi connectivity index (χ2n) is 14.1. The van der Waals surface area contributed by atoms with Crippen LogP contribution in [0.25, 0.3) is 55.6 Å². The van der Waals surface area contributed by atoms with Crippen LogP contribution < -0.4 is 0 Å². The molecule has 266 valence electrons. The van der Waals surface area contributed by atoms with E-state index in [1.54, 1.807) is 0 Å². The predicted octanol–water partition coefficient (Wildman–Crippen LogP) is 13.0. The molecule has 1 aliphatic rings. The van der Waals surface area contributed by atoms with Crippen molar-refractivity contribution in [2.45, 2.75) is 13.0 Å². The summed E-state index contributed by atoms with van der Waals surface area (Å²) in [6.07, 6.45) is 0.847. The van der Waals surface area contributed by atoms with E-state index in [4.69, 9.17) is 9.98 Å². The van der Waals surface area contributed by atoms with Crippen molar-refractivity contribution in [3.05, 3.63) is 228 Å². The van der Waals surface area contributed by atoms with Gasteiger partial charge in [0.15, 0.2) is 11.7 Å². The zero-order valence-corrected chi connectivity index (χ0v) is 31.0. The lowest BCUT2D eigenvalue weighted by atomic mass is 9.92. The van der Waals surface area contributed by atoms with Gasteiger partial charge in [-0.1, -0.05) is 176 Å². The Hall–Kier alpha value is -7.23. The normalized spacial score (nSPS) is 12.2. The summed E-state index contributed by atoms with van der Waals surface area (Å²) < 4.78 is 0. The van der Waals surface area contributed by atoms with Crippen LogP contribution >= 0.6 is 0 Å². The van der Waals surface area contributed by atoms with E-state index in [0.29, 0.717) is 18.2 Å². The van der Waals surface area contributed by atoms with Crippen molar-refractivity contribution in [3.63, 3.8) is 0 Å². The lowest BCUT2D eigenvalue weighted by molar-refractivity contribution is 1.06. The summed E-state index contributed by atoms with van der Waals surface area (Å²) in [6.45, 7) is 4.35. The fourth-order valence-electron chi connectivity index (χ4n) is 7.59. The lowest BCUT2D eigenvalue weighted by Crippen LogP contribution is -2.06. The molecule has 0 bridgehead atoms. The summed E-state index contributed by atoms with van der Waals surface area (Å²) in [6, 6.07) is 70.9. The molecule has 0 N–H and O–H groups in total. The highest BCUT2D eigenvalue weighted by Crippen LogP contribution is 2.40. The topological polar surface area (TPSA) is 37.1 Å². The number of rotatable bonds is 8. The molecule has 0 aliphatic heterocycles. The van der Waals surface area contributed by atoms with Gasteiger partial charge in [0.2, 0.25) is 0 Å². The molecule has 3 heteroatoms. The third-order valence-corrected chi connectivity index (χ3v) is 10.5. The van der Waals surface area contributed by atoms with Crippen molar-refractivity contribution in [2.24, 2.45) is 15.0 Å². The molecule has 8 aromatic rings. The van der Waals surface area contributed by atoms with Crippen molar-refractivity contribution in [2.75, 3.05) is 0 Å². The summed E-state index contributed by atoms with van der Waals surface area (Å²) in [5, 5.41) is 0. The van der Waals surface area contributed by atoms with Crippen LogP contribution in [0.5, 0.6) is 0 Å². The van der Waals surface area contributed by atoms with Gasteiger partial charge in [-0.05, 0) is 110 Å². The van der Waals surface area contributed by atoms with Gasteiger partial charge in [-0.15, -0.1) is 0 Å². The van der Waals surface area contributed by atoms with E-state index < -0.39 is 0 Å². The Labute approximate surface area is 328 Å². The molecular formula is C53H39N3. The first-order chi connectivity index (χ1) is 27.7. The van der Waals surface area contributed by atoms with E-state index in [-0.39, 0.29) is 0 Å². The van der Waals surface area contributed by atoms with Crippen molar-refractivity contribution in [1.82, 2.24) is 0 Å². The molecule has 9 rings (SSSR count). The van der Waals surface area contributed by atoms with E-state index in [2.05, 4.69) is 163 Å². The largest absolute Gasteiger partial charge is 0.261 e. The summed E-state index contributed by atoms with van der Waals surface area (Å²) in [7, 11) is 0. The van der Waals surface area contributed by atoms with Crippen molar-refractivity contribution >= 4 is 18.4 Å². The average Bonchev–Trinajstić information content (AvgIpc) is 3.65. The van der Waals surface area contributed by atoms with Crippen LogP contribution in [-0.4, -0.2) is 18.4 Å². The minimum Gasteiger partial charge on any atom is -0.261 e. The summed E-state index contributed by atoms with van der Waals surface area (Å²) >= 11 is 0. The minimum atomic E-state index is 0.519. The summed E-state index contributed by atoms with van der Waals surface area (Å²) in [5.74, 6) is 1.20. The zero-order valence-electron chi connectivity index (χ0n) is 31.0. The predicted molar refractivity (Wildman–Crippen MR) is 236 cm³/mol. The van der Waals surface area contributed by atoms with Crippen molar-refractivity contribution in [3.8, 4) is 55.6 Å². The Kier molecular flexibility index (Phi) is 9.64. The Morgan fingerprint density at radius 1 is 0.393 bits per heavy atom. The lowest BCUT2D eigenvalue weighted by Gasteiger charge is -2.12. The summed E-state index contributed by atoms with van der Waals surface area (Å²) in [5.41, 5.74) is 17.8. The van der Waals surface area contributed by atoms with Gasteiger partial charge in [-0.25, -0.2) is 9.98 Å². The maximum atomic E-state index is 5.02. The van der Waals surface area contributed by atoms with E-state index in [1.807, 2.05) is 48.5 Å². The molecule has 0 unspecified atom stereocenters. The highest BCUT2D eigenvalue weighted by molar-refractivity contribution is 6.13. The van der Waals surface area contributed by atoms with Crippen LogP contribution in [0.3, 0.4) is 0 Å². The number of benzene rings is 8. The van der Waals surface area contributed by atoms with E-state index in [0.717, 1.165) is 23.1 Å². The fourth-order valence-corrected chi connectivity index (χ4v) is 7.59. The van der Waals surface area contributed by atoms with Crippen LogP contribution in [0.4, 0.5) is 0 Å². The Morgan fingerprint density at radius 3 is 1.43 bits per heavy atom. The second-order valence-corrected chi connectivity index (χ2v) is 14.1. The summed E-state index contributed by atoms with van der Waals surface area (Å²) in [4.78, 5) is 14.3. The van der Waals surface area contributed by atoms with Crippen LogP contribution in [0.2, 0.25) is 0 Å². The molecule has 0 amide bonds. The first kappa shape index (κ1) is 34.5. The van der Waals surface area contributed by atoms with Crippen LogP contribution in [0, 0.1) is 0 Å². The average molecular weight is 718 g/mol. The zero-order chi connectivity index (χ0) is 37.7. The highest BCUT2D eigenvalue weighted by Gasteiger charge is 2.21. The van der Waals surface area contributed by atoms with Gasteiger partial charge in [-0.2, -0.15) is 0 Å². The molecule has 0 saturated heterocycles. The molecule has 8 aromatic carbocycles. The third kappa shape index (κ3) is 7.31. The molecule has 0 heterocycles. The molecule has 3 nitrogen and oxygen atoms in total. The number of fused-ring (bicyclic) bond motifs is 3. The van der Waals surface area contributed by atoms with Gasteiger partial charge in [0.25, 0.3) is 0 Å². The monoisotopic (exact) mass is 717 g/mol. The van der Waals surface area contributed by atoms with Crippen LogP contribution in [0.1, 0.15) is 27.8 Å². The molecule has 56 heavy (non-hydrogen) atoms. The van der Waals surface area contributed by atoms with Gasteiger partial charge in [0.1, 0.15) is 0 Å². The number of amidine groups is 2. The quantitative estimate of drug-likeness (QED) is 0.111. The fraction of sp³-hybridized carbons (Fsp3) is 0.0377. The second kappa shape index (κ2) is 15.6. The van der Waals surface area contributed by atoms with Gasteiger partial charge in [0.05, 0.1) is 6.54 Å².